The largest absolute Gasteiger partial charge is 0.359 e. The Hall–Kier alpha value is -2.63. The fraction of sp³-hybridized carbons (Fsp3) is 0.188. The SMILES string of the molecule is CNC(=O)Cc1csc(NC(=O)Cc2csc(NC(=O)c3ccsc3)n2)n1. The molecule has 0 saturated heterocycles. The lowest BCUT2D eigenvalue weighted by Gasteiger charge is -2.00. The van der Waals surface area contributed by atoms with Gasteiger partial charge >= 0.3 is 0 Å². The third-order valence-electron chi connectivity index (χ3n) is 3.32. The number of hydrogen-bond acceptors (Lipinski definition) is 8. The molecule has 3 rings (SSSR count). The number of thiophene rings is 1. The minimum absolute atomic E-state index is 0.0647. The lowest BCUT2D eigenvalue weighted by Crippen LogP contribution is -2.20. The molecule has 0 spiro atoms. The van der Waals surface area contributed by atoms with Gasteiger partial charge in [0.15, 0.2) is 10.3 Å². The topological polar surface area (TPSA) is 113 Å². The summed E-state index contributed by atoms with van der Waals surface area (Å²) in [6.45, 7) is 0. The summed E-state index contributed by atoms with van der Waals surface area (Å²) in [5.41, 5.74) is 1.73. The molecule has 3 amide bonds. The summed E-state index contributed by atoms with van der Waals surface area (Å²) in [6.07, 6.45) is 0.233. The number of thiazole rings is 2. The summed E-state index contributed by atoms with van der Waals surface area (Å²) < 4.78 is 0. The molecule has 0 atom stereocenters. The highest BCUT2D eigenvalue weighted by molar-refractivity contribution is 7.14. The first-order valence-corrected chi connectivity index (χ1v) is 10.5. The zero-order valence-corrected chi connectivity index (χ0v) is 16.6. The van der Waals surface area contributed by atoms with Gasteiger partial charge in [-0.25, -0.2) is 9.97 Å². The summed E-state index contributed by atoms with van der Waals surface area (Å²) in [5.74, 6) is -0.637. The number of anilines is 2. The number of nitrogens with zero attached hydrogens (tertiary/aromatic N) is 2. The Bertz CT molecular complexity index is 948. The molecule has 3 N–H and O–H groups in total. The minimum Gasteiger partial charge on any atom is -0.359 e. The normalized spacial score (nSPS) is 10.4. The van der Waals surface area contributed by atoms with E-state index in [-0.39, 0.29) is 30.6 Å². The van der Waals surface area contributed by atoms with Crippen molar-refractivity contribution in [3.63, 3.8) is 0 Å². The maximum atomic E-state index is 12.1. The molecule has 0 fully saturated rings. The fourth-order valence-electron chi connectivity index (χ4n) is 2.03. The summed E-state index contributed by atoms with van der Waals surface area (Å²) in [4.78, 5) is 43.9. The molecule has 0 aliphatic carbocycles. The van der Waals surface area contributed by atoms with Crippen molar-refractivity contribution < 1.29 is 14.4 Å². The maximum Gasteiger partial charge on any atom is 0.258 e. The summed E-state index contributed by atoms with van der Waals surface area (Å²) in [5, 5.41) is 15.8. The van der Waals surface area contributed by atoms with Crippen molar-refractivity contribution in [1.82, 2.24) is 15.3 Å². The third-order valence-corrected chi connectivity index (χ3v) is 5.61. The summed E-state index contributed by atoms with van der Waals surface area (Å²) >= 11 is 3.96. The zero-order chi connectivity index (χ0) is 19.2. The van der Waals surface area contributed by atoms with Gasteiger partial charge in [0.2, 0.25) is 11.8 Å². The fourth-order valence-corrected chi connectivity index (χ4v) is 4.10. The number of amides is 3. The number of hydrogen-bond donors (Lipinski definition) is 3. The Morgan fingerprint density at radius 1 is 0.926 bits per heavy atom. The Balaban J connectivity index is 1.52. The first kappa shape index (κ1) is 19.1. The Labute approximate surface area is 166 Å². The van der Waals surface area contributed by atoms with E-state index in [4.69, 9.17) is 0 Å². The van der Waals surface area contributed by atoms with Crippen LogP contribution in [0.2, 0.25) is 0 Å². The lowest BCUT2D eigenvalue weighted by molar-refractivity contribution is -0.120. The highest BCUT2D eigenvalue weighted by atomic mass is 32.1. The van der Waals surface area contributed by atoms with E-state index in [9.17, 15) is 14.4 Å². The average molecular weight is 422 g/mol. The van der Waals surface area contributed by atoms with Gasteiger partial charge in [-0.15, -0.1) is 22.7 Å². The highest BCUT2D eigenvalue weighted by Crippen LogP contribution is 2.19. The van der Waals surface area contributed by atoms with Crippen molar-refractivity contribution in [3.05, 3.63) is 44.5 Å². The number of rotatable bonds is 7. The number of nitrogens with one attached hydrogen (secondary N) is 3. The molecule has 3 aromatic heterocycles. The van der Waals surface area contributed by atoms with E-state index in [1.807, 2.05) is 5.38 Å². The van der Waals surface area contributed by atoms with Crippen LogP contribution in [0.4, 0.5) is 10.3 Å². The molecule has 0 aromatic carbocycles. The molecule has 3 heterocycles. The second-order valence-corrected chi connectivity index (χ2v) is 7.83. The first-order chi connectivity index (χ1) is 13.0. The van der Waals surface area contributed by atoms with Crippen LogP contribution in [0.3, 0.4) is 0 Å². The predicted octanol–water partition coefficient (Wildman–Crippen LogP) is 2.38. The number of aromatic nitrogens is 2. The first-order valence-electron chi connectivity index (χ1n) is 7.76. The van der Waals surface area contributed by atoms with Gasteiger partial charge in [0.1, 0.15) is 0 Å². The standard InChI is InChI=1S/C16H15N5O3S3/c1-17-12(22)4-10-7-26-15(18-10)20-13(23)5-11-8-27-16(19-11)21-14(24)9-2-3-25-6-9/h2-3,6-8H,4-5H2,1H3,(H,17,22)(H,18,20,23)(H,19,21,24). The second-order valence-electron chi connectivity index (χ2n) is 5.33. The molecule has 0 bridgehead atoms. The van der Waals surface area contributed by atoms with E-state index in [1.54, 1.807) is 29.3 Å². The van der Waals surface area contributed by atoms with Crippen LogP contribution in [0.5, 0.6) is 0 Å². The van der Waals surface area contributed by atoms with E-state index in [2.05, 4.69) is 25.9 Å². The summed E-state index contributed by atoms with van der Waals surface area (Å²) in [6, 6.07) is 1.73. The molecule has 0 aliphatic rings. The van der Waals surface area contributed by atoms with Crippen molar-refractivity contribution in [3.8, 4) is 0 Å². The zero-order valence-electron chi connectivity index (χ0n) is 14.1. The molecule has 140 valence electrons. The Kier molecular flexibility index (Phi) is 6.27. The van der Waals surface area contributed by atoms with Crippen molar-refractivity contribution in [2.45, 2.75) is 12.8 Å². The van der Waals surface area contributed by atoms with Crippen LogP contribution in [0.1, 0.15) is 21.7 Å². The molecule has 8 nitrogen and oxygen atoms in total. The average Bonchev–Trinajstić information content (AvgIpc) is 3.37. The lowest BCUT2D eigenvalue weighted by atomic mass is 10.3. The van der Waals surface area contributed by atoms with Crippen LogP contribution in [-0.2, 0) is 22.4 Å². The second kappa shape index (κ2) is 8.84. The van der Waals surface area contributed by atoms with Crippen molar-refractivity contribution >= 4 is 62.0 Å². The Morgan fingerprint density at radius 2 is 1.56 bits per heavy atom. The van der Waals surface area contributed by atoms with Crippen LogP contribution < -0.4 is 16.0 Å². The molecule has 27 heavy (non-hydrogen) atoms. The van der Waals surface area contributed by atoms with Gasteiger partial charge in [-0.1, -0.05) is 0 Å². The smallest absolute Gasteiger partial charge is 0.258 e. The highest BCUT2D eigenvalue weighted by Gasteiger charge is 2.13. The van der Waals surface area contributed by atoms with Gasteiger partial charge in [-0.05, 0) is 11.4 Å². The molecule has 11 heteroatoms. The molecule has 0 radical (unpaired) electrons. The third kappa shape index (κ3) is 5.42. The van der Waals surface area contributed by atoms with Crippen molar-refractivity contribution in [1.29, 1.82) is 0 Å². The maximum absolute atomic E-state index is 12.1. The van der Waals surface area contributed by atoms with Gasteiger partial charge in [0.25, 0.3) is 5.91 Å². The molecule has 3 aromatic rings. The van der Waals surface area contributed by atoms with Gasteiger partial charge < -0.3 is 10.6 Å². The van der Waals surface area contributed by atoms with Gasteiger partial charge in [0, 0.05) is 23.2 Å². The quantitative estimate of drug-likeness (QED) is 0.542. The van der Waals surface area contributed by atoms with E-state index < -0.39 is 0 Å². The monoisotopic (exact) mass is 421 g/mol. The minimum atomic E-state index is -0.267. The summed E-state index contributed by atoms with van der Waals surface area (Å²) in [7, 11) is 1.56. The van der Waals surface area contributed by atoms with E-state index in [0.717, 1.165) is 0 Å². The number of carbonyl (C=O) groups is 3. The molecular formula is C16H15N5O3S3. The molecule has 0 aliphatic heterocycles. The van der Waals surface area contributed by atoms with Crippen LogP contribution >= 0.6 is 34.0 Å². The van der Waals surface area contributed by atoms with Crippen molar-refractivity contribution in [2.75, 3.05) is 17.7 Å². The molecule has 0 unspecified atom stereocenters. The predicted molar refractivity (Wildman–Crippen MR) is 107 cm³/mol. The van der Waals surface area contributed by atoms with E-state index in [1.165, 1.54) is 34.0 Å². The number of likely N-dealkylation sites (N-methyl/N-ethyl adjacent to an activating group) is 1. The number of carbonyl (C=O) groups excluding carboxylic acids is 3. The van der Waals surface area contributed by atoms with E-state index in [0.29, 0.717) is 27.2 Å². The van der Waals surface area contributed by atoms with Gasteiger partial charge in [-0.2, -0.15) is 11.3 Å². The van der Waals surface area contributed by atoms with E-state index >= 15 is 0 Å². The van der Waals surface area contributed by atoms with Gasteiger partial charge in [0.05, 0.1) is 29.8 Å². The Morgan fingerprint density at radius 3 is 2.15 bits per heavy atom. The molecular weight excluding hydrogens is 406 g/mol. The van der Waals surface area contributed by atoms with Crippen LogP contribution in [-0.4, -0.2) is 34.7 Å². The van der Waals surface area contributed by atoms with Crippen LogP contribution in [0, 0.1) is 0 Å². The van der Waals surface area contributed by atoms with Crippen LogP contribution in [0.25, 0.3) is 0 Å². The molecule has 0 saturated carbocycles. The van der Waals surface area contributed by atoms with Gasteiger partial charge in [-0.3, -0.25) is 19.7 Å². The van der Waals surface area contributed by atoms with Crippen LogP contribution in [0.15, 0.2) is 27.6 Å². The van der Waals surface area contributed by atoms with Crippen molar-refractivity contribution in [2.24, 2.45) is 0 Å².